The fraction of sp³-hybridized carbons (Fsp3) is 0.481. The van der Waals surface area contributed by atoms with Gasteiger partial charge < -0.3 is 20.4 Å². The second-order valence-corrected chi connectivity index (χ2v) is 10.0. The molecule has 3 N–H and O–H groups in total. The minimum atomic E-state index is -0.514. The van der Waals surface area contributed by atoms with Crippen molar-refractivity contribution < 1.29 is 14.4 Å². The maximum atomic E-state index is 13.2. The number of nitrogens with zero attached hydrogens (tertiary/aromatic N) is 3. The molecular weight excluding hydrogens is 456 g/mol. The van der Waals surface area contributed by atoms with Gasteiger partial charge in [-0.25, -0.2) is 0 Å². The molecule has 1 aromatic heterocycles. The molecular formula is C27H36N6O3. The predicted octanol–water partition coefficient (Wildman–Crippen LogP) is 3.47. The summed E-state index contributed by atoms with van der Waals surface area (Å²) in [6.07, 6.45) is 8.10. The third kappa shape index (κ3) is 6.60. The smallest absolute Gasteiger partial charge is 0.247 e. The number of nitrogens with one attached hydrogen (secondary N) is 3. The topological polar surface area (TPSA) is 110 Å². The highest BCUT2D eigenvalue weighted by Gasteiger charge is 2.31. The Hall–Kier alpha value is -3.46. The number of likely N-dealkylation sites (N-methyl/N-ethyl adjacent to an activating group) is 1. The first-order chi connectivity index (χ1) is 17.3. The molecule has 2 aromatic rings. The number of rotatable bonds is 9. The van der Waals surface area contributed by atoms with Crippen molar-refractivity contribution in [1.29, 1.82) is 0 Å². The maximum absolute atomic E-state index is 13.2. The number of carbonyl (C=O) groups is 3. The lowest BCUT2D eigenvalue weighted by Gasteiger charge is -2.34. The lowest BCUT2D eigenvalue weighted by Crippen LogP contribution is -2.49. The Kier molecular flexibility index (Phi) is 8.20. The number of H-pyrrole nitrogens is 1. The van der Waals surface area contributed by atoms with Crippen molar-refractivity contribution in [3.8, 4) is 0 Å². The van der Waals surface area contributed by atoms with E-state index in [2.05, 4.69) is 20.8 Å². The number of likely N-dealkylation sites (tertiary alicyclic amines) is 1. The number of amides is 3. The van der Waals surface area contributed by atoms with Crippen molar-refractivity contribution in [2.45, 2.75) is 56.9 Å². The Bertz CT molecular complexity index is 1120. The second-order valence-electron chi connectivity index (χ2n) is 10.0. The van der Waals surface area contributed by atoms with Crippen molar-refractivity contribution in [1.82, 2.24) is 20.0 Å². The van der Waals surface area contributed by atoms with Gasteiger partial charge in [-0.2, -0.15) is 5.10 Å². The molecule has 4 rings (SSSR count). The van der Waals surface area contributed by atoms with Gasteiger partial charge in [0.15, 0.2) is 5.82 Å². The van der Waals surface area contributed by atoms with Crippen LogP contribution < -0.4 is 10.6 Å². The van der Waals surface area contributed by atoms with Gasteiger partial charge in [-0.05, 0) is 70.8 Å². The Labute approximate surface area is 212 Å². The van der Waals surface area contributed by atoms with E-state index in [1.165, 1.54) is 0 Å². The van der Waals surface area contributed by atoms with Crippen molar-refractivity contribution >= 4 is 29.2 Å². The Morgan fingerprint density at radius 1 is 1.17 bits per heavy atom. The third-order valence-corrected chi connectivity index (χ3v) is 6.73. The minimum Gasteiger partial charge on any atom is -0.327 e. The van der Waals surface area contributed by atoms with Crippen LogP contribution in [-0.4, -0.2) is 70.9 Å². The maximum Gasteiger partial charge on any atom is 0.247 e. The van der Waals surface area contributed by atoms with Crippen LogP contribution in [-0.2, 0) is 14.4 Å². The van der Waals surface area contributed by atoms with Crippen LogP contribution in [0.25, 0.3) is 0 Å². The Morgan fingerprint density at radius 3 is 2.72 bits per heavy atom. The van der Waals surface area contributed by atoms with Gasteiger partial charge in [0.25, 0.3) is 0 Å². The number of piperidine rings is 1. The van der Waals surface area contributed by atoms with Gasteiger partial charge >= 0.3 is 0 Å². The van der Waals surface area contributed by atoms with Gasteiger partial charge in [0.05, 0.1) is 5.92 Å². The normalized spacial score (nSPS) is 18.9. The van der Waals surface area contributed by atoms with E-state index < -0.39 is 12.0 Å². The highest BCUT2D eigenvalue weighted by atomic mass is 16.2. The SMILES string of the molecule is CC(C(=O)Nc1cc(C2CC2)[nH]n1)c1cccc(NC(=O)C2CCCCN2C(=O)C=CCN(C)C)c1. The lowest BCUT2D eigenvalue weighted by molar-refractivity contribution is -0.136. The molecule has 36 heavy (non-hydrogen) atoms. The molecule has 192 valence electrons. The molecule has 9 heteroatoms. The molecule has 9 nitrogen and oxygen atoms in total. The highest BCUT2D eigenvalue weighted by Crippen LogP contribution is 2.39. The molecule has 1 aliphatic heterocycles. The standard InChI is InChI=1S/C27H36N6O3/c1-18(26(35)29-24-17-22(30-31-24)19-12-13-19)20-8-6-9-21(16-20)28-27(36)23-10-4-5-15-33(23)25(34)11-7-14-32(2)3/h6-9,11,16-19,23H,4-5,10,12-15H2,1-3H3,(H,28,36)(H2,29,30,31,35). The summed E-state index contributed by atoms with van der Waals surface area (Å²) in [6, 6.07) is 8.68. The number of hydrogen-bond acceptors (Lipinski definition) is 5. The number of benzene rings is 1. The molecule has 1 saturated heterocycles. The minimum absolute atomic E-state index is 0.140. The predicted molar refractivity (Wildman–Crippen MR) is 140 cm³/mol. The number of carbonyl (C=O) groups excluding carboxylic acids is 3. The average molecular weight is 493 g/mol. The molecule has 2 heterocycles. The van der Waals surface area contributed by atoms with Crippen molar-refractivity contribution in [2.24, 2.45) is 0 Å². The number of hydrogen-bond donors (Lipinski definition) is 3. The third-order valence-electron chi connectivity index (χ3n) is 6.73. The van der Waals surface area contributed by atoms with Crippen LogP contribution in [0.2, 0.25) is 0 Å². The fourth-order valence-electron chi connectivity index (χ4n) is 4.43. The van der Waals surface area contributed by atoms with Crippen LogP contribution in [0.15, 0.2) is 42.5 Å². The van der Waals surface area contributed by atoms with E-state index in [4.69, 9.17) is 0 Å². The second kappa shape index (κ2) is 11.5. The van der Waals surface area contributed by atoms with Crippen LogP contribution >= 0.6 is 0 Å². The Balaban J connectivity index is 1.37. The van der Waals surface area contributed by atoms with Crippen LogP contribution in [0, 0.1) is 0 Å². The lowest BCUT2D eigenvalue weighted by atomic mass is 9.99. The zero-order chi connectivity index (χ0) is 25.7. The molecule has 1 saturated carbocycles. The zero-order valence-electron chi connectivity index (χ0n) is 21.3. The van der Waals surface area contributed by atoms with Crippen LogP contribution in [0.1, 0.15) is 62.1 Å². The number of aromatic amines is 1. The molecule has 0 spiro atoms. The van der Waals surface area contributed by atoms with E-state index in [0.717, 1.165) is 36.9 Å². The van der Waals surface area contributed by atoms with Crippen molar-refractivity contribution in [3.63, 3.8) is 0 Å². The summed E-state index contributed by atoms with van der Waals surface area (Å²) in [5, 5.41) is 13.0. The summed E-state index contributed by atoms with van der Waals surface area (Å²) < 4.78 is 0. The summed E-state index contributed by atoms with van der Waals surface area (Å²) in [6.45, 7) is 3.05. The average Bonchev–Trinajstić information content (AvgIpc) is 3.62. The van der Waals surface area contributed by atoms with Crippen LogP contribution in [0.5, 0.6) is 0 Å². The van der Waals surface area contributed by atoms with E-state index in [9.17, 15) is 14.4 Å². The molecule has 2 unspecified atom stereocenters. The summed E-state index contributed by atoms with van der Waals surface area (Å²) in [5.74, 6) is 0.116. The summed E-state index contributed by atoms with van der Waals surface area (Å²) in [7, 11) is 3.87. The molecule has 1 aromatic carbocycles. The fourth-order valence-corrected chi connectivity index (χ4v) is 4.43. The monoisotopic (exact) mass is 492 g/mol. The first-order valence-corrected chi connectivity index (χ1v) is 12.7. The van der Waals surface area contributed by atoms with E-state index >= 15 is 0 Å². The van der Waals surface area contributed by atoms with E-state index in [1.807, 2.05) is 56.3 Å². The van der Waals surface area contributed by atoms with Gasteiger partial charge in [-0.1, -0.05) is 18.2 Å². The van der Waals surface area contributed by atoms with Crippen LogP contribution in [0.3, 0.4) is 0 Å². The van der Waals surface area contributed by atoms with Gasteiger partial charge in [-0.15, -0.1) is 0 Å². The molecule has 2 atom stereocenters. The molecule has 3 amide bonds. The number of anilines is 2. The van der Waals surface area contributed by atoms with E-state index in [1.54, 1.807) is 17.0 Å². The Morgan fingerprint density at radius 2 is 1.97 bits per heavy atom. The molecule has 0 bridgehead atoms. The van der Waals surface area contributed by atoms with Gasteiger partial charge in [0.2, 0.25) is 17.7 Å². The first-order valence-electron chi connectivity index (χ1n) is 12.7. The summed E-state index contributed by atoms with van der Waals surface area (Å²) in [4.78, 5) is 42.4. The van der Waals surface area contributed by atoms with Crippen molar-refractivity contribution in [3.05, 3.63) is 53.7 Å². The van der Waals surface area contributed by atoms with Gasteiger partial charge in [0, 0.05) is 42.5 Å². The molecule has 0 radical (unpaired) electrons. The first kappa shape index (κ1) is 25.6. The molecule has 1 aliphatic carbocycles. The van der Waals surface area contributed by atoms with E-state index in [0.29, 0.717) is 36.9 Å². The van der Waals surface area contributed by atoms with Gasteiger partial charge in [-0.3, -0.25) is 19.5 Å². The van der Waals surface area contributed by atoms with Crippen LogP contribution in [0.4, 0.5) is 11.5 Å². The summed E-state index contributed by atoms with van der Waals surface area (Å²) in [5.41, 5.74) is 2.45. The largest absolute Gasteiger partial charge is 0.327 e. The summed E-state index contributed by atoms with van der Waals surface area (Å²) >= 11 is 0. The highest BCUT2D eigenvalue weighted by molar-refractivity contribution is 5.99. The zero-order valence-corrected chi connectivity index (χ0v) is 21.3. The number of aromatic nitrogens is 2. The molecule has 2 fully saturated rings. The quantitative estimate of drug-likeness (QED) is 0.464. The van der Waals surface area contributed by atoms with Crippen molar-refractivity contribution in [2.75, 3.05) is 37.8 Å². The van der Waals surface area contributed by atoms with E-state index in [-0.39, 0.29) is 17.7 Å². The molecule has 2 aliphatic rings. The van der Waals surface area contributed by atoms with Gasteiger partial charge in [0.1, 0.15) is 6.04 Å².